The third-order valence-electron chi connectivity index (χ3n) is 3.93. The molecule has 1 saturated heterocycles. The predicted molar refractivity (Wildman–Crippen MR) is 76.5 cm³/mol. The molecule has 0 radical (unpaired) electrons. The first kappa shape index (κ1) is 14.5. The van der Waals surface area contributed by atoms with Gasteiger partial charge in [-0.2, -0.15) is 4.31 Å². The number of rotatable bonds is 3. The molecule has 0 aliphatic carbocycles. The standard InChI is InChI=1S/C14H22N2O2S/c1-11-5-6-14(8-12(11)2)19(17,18)16-7-3-4-13(9-15)10-16/h5-6,8,13H,3-4,7,9-10,15H2,1-2H3. The first-order valence-electron chi connectivity index (χ1n) is 6.72. The second-order valence-electron chi connectivity index (χ2n) is 5.35. The molecule has 1 aliphatic rings. The highest BCUT2D eigenvalue weighted by molar-refractivity contribution is 7.89. The molecule has 1 aliphatic heterocycles. The predicted octanol–water partition coefficient (Wildman–Crippen LogP) is 1.66. The van der Waals surface area contributed by atoms with Gasteiger partial charge in [0.15, 0.2) is 0 Å². The van der Waals surface area contributed by atoms with Crippen LogP contribution in [-0.4, -0.2) is 32.4 Å². The Morgan fingerprint density at radius 3 is 2.68 bits per heavy atom. The molecule has 106 valence electrons. The number of hydrogen-bond acceptors (Lipinski definition) is 3. The molecule has 0 bridgehead atoms. The summed E-state index contributed by atoms with van der Waals surface area (Å²) in [6.07, 6.45) is 1.92. The lowest BCUT2D eigenvalue weighted by atomic mass is 10.0. The summed E-state index contributed by atoms with van der Waals surface area (Å²) in [5.74, 6) is 0.287. The minimum absolute atomic E-state index is 0.287. The molecular formula is C14H22N2O2S. The summed E-state index contributed by atoms with van der Waals surface area (Å²) in [5.41, 5.74) is 7.79. The number of sulfonamides is 1. The number of piperidine rings is 1. The molecule has 1 aromatic carbocycles. The van der Waals surface area contributed by atoms with Crippen LogP contribution in [-0.2, 0) is 10.0 Å². The zero-order chi connectivity index (χ0) is 14.0. The number of hydrogen-bond donors (Lipinski definition) is 1. The van der Waals surface area contributed by atoms with E-state index in [9.17, 15) is 8.42 Å². The van der Waals surface area contributed by atoms with Crippen molar-refractivity contribution in [3.8, 4) is 0 Å². The third-order valence-corrected chi connectivity index (χ3v) is 5.79. The second kappa shape index (κ2) is 5.61. The van der Waals surface area contributed by atoms with Crippen molar-refractivity contribution in [2.45, 2.75) is 31.6 Å². The van der Waals surface area contributed by atoms with Crippen LogP contribution in [0, 0.1) is 19.8 Å². The van der Waals surface area contributed by atoms with Gasteiger partial charge in [0, 0.05) is 13.1 Å². The highest BCUT2D eigenvalue weighted by Crippen LogP contribution is 2.24. The van der Waals surface area contributed by atoms with Gasteiger partial charge in [-0.25, -0.2) is 8.42 Å². The molecule has 0 amide bonds. The highest BCUT2D eigenvalue weighted by atomic mass is 32.2. The van der Waals surface area contributed by atoms with E-state index in [1.54, 1.807) is 16.4 Å². The Kier molecular flexibility index (Phi) is 4.28. The fraction of sp³-hybridized carbons (Fsp3) is 0.571. The fourth-order valence-electron chi connectivity index (χ4n) is 2.46. The molecular weight excluding hydrogens is 260 g/mol. The van der Waals surface area contributed by atoms with E-state index in [4.69, 9.17) is 5.73 Å². The highest BCUT2D eigenvalue weighted by Gasteiger charge is 2.29. The largest absolute Gasteiger partial charge is 0.330 e. The third kappa shape index (κ3) is 2.99. The van der Waals surface area contributed by atoms with E-state index in [1.165, 1.54) is 0 Å². The van der Waals surface area contributed by atoms with E-state index < -0.39 is 10.0 Å². The Labute approximate surface area is 115 Å². The molecule has 19 heavy (non-hydrogen) atoms. The van der Waals surface area contributed by atoms with Gasteiger partial charge >= 0.3 is 0 Å². The summed E-state index contributed by atoms with van der Waals surface area (Å²) in [4.78, 5) is 0.397. The number of nitrogens with two attached hydrogens (primary N) is 1. The minimum Gasteiger partial charge on any atom is -0.330 e. The maximum Gasteiger partial charge on any atom is 0.243 e. The summed E-state index contributed by atoms with van der Waals surface area (Å²) in [5, 5.41) is 0. The Bertz CT molecular complexity index is 555. The van der Waals surface area contributed by atoms with Crippen LogP contribution in [0.25, 0.3) is 0 Å². The van der Waals surface area contributed by atoms with Crippen LogP contribution in [0.5, 0.6) is 0 Å². The van der Waals surface area contributed by atoms with Crippen molar-refractivity contribution in [1.82, 2.24) is 4.31 Å². The first-order chi connectivity index (χ1) is 8.95. The van der Waals surface area contributed by atoms with E-state index in [1.807, 2.05) is 19.9 Å². The van der Waals surface area contributed by atoms with E-state index in [2.05, 4.69) is 0 Å². The van der Waals surface area contributed by atoms with E-state index in [-0.39, 0.29) is 5.92 Å². The molecule has 4 nitrogen and oxygen atoms in total. The van der Waals surface area contributed by atoms with Gasteiger partial charge in [0.1, 0.15) is 0 Å². The Balaban J connectivity index is 2.28. The molecule has 0 spiro atoms. The SMILES string of the molecule is Cc1ccc(S(=O)(=O)N2CCCC(CN)C2)cc1C. The van der Waals surface area contributed by atoms with Crippen molar-refractivity contribution >= 4 is 10.0 Å². The molecule has 1 aromatic rings. The van der Waals surface area contributed by atoms with Gasteiger partial charge in [0.2, 0.25) is 10.0 Å². The van der Waals surface area contributed by atoms with Crippen LogP contribution in [0.1, 0.15) is 24.0 Å². The molecule has 1 fully saturated rings. The van der Waals surface area contributed by atoms with Crippen molar-refractivity contribution in [2.75, 3.05) is 19.6 Å². The molecule has 0 aromatic heterocycles. The quantitative estimate of drug-likeness (QED) is 0.917. The summed E-state index contributed by atoms with van der Waals surface area (Å²) < 4.78 is 26.8. The zero-order valence-electron chi connectivity index (χ0n) is 11.6. The van der Waals surface area contributed by atoms with Gasteiger partial charge in [-0.3, -0.25) is 0 Å². The maximum absolute atomic E-state index is 12.6. The Morgan fingerprint density at radius 1 is 1.32 bits per heavy atom. The van der Waals surface area contributed by atoms with E-state index in [0.29, 0.717) is 24.5 Å². The average molecular weight is 282 g/mol. The number of nitrogens with zero attached hydrogens (tertiary/aromatic N) is 1. The summed E-state index contributed by atoms with van der Waals surface area (Å²) in [6.45, 7) is 5.63. The molecule has 2 N–H and O–H groups in total. The van der Waals surface area contributed by atoms with Crippen molar-refractivity contribution < 1.29 is 8.42 Å². The summed E-state index contributed by atoms with van der Waals surface area (Å²) in [7, 11) is -3.37. The zero-order valence-corrected chi connectivity index (χ0v) is 12.4. The molecule has 2 rings (SSSR count). The van der Waals surface area contributed by atoms with Crippen LogP contribution in [0.3, 0.4) is 0 Å². The van der Waals surface area contributed by atoms with Crippen molar-refractivity contribution in [1.29, 1.82) is 0 Å². The van der Waals surface area contributed by atoms with Crippen LogP contribution in [0.4, 0.5) is 0 Å². The lowest BCUT2D eigenvalue weighted by Gasteiger charge is -2.31. The van der Waals surface area contributed by atoms with Crippen molar-refractivity contribution in [3.63, 3.8) is 0 Å². The van der Waals surface area contributed by atoms with Crippen LogP contribution < -0.4 is 5.73 Å². The van der Waals surface area contributed by atoms with Gasteiger partial charge in [0.25, 0.3) is 0 Å². The monoisotopic (exact) mass is 282 g/mol. The summed E-state index contributed by atoms with van der Waals surface area (Å²) >= 11 is 0. The van der Waals surface area contributed by atoms with Crippen LogP contribution >= 0.6 is 0 Å². The Morgan fingerprint density at radius 2 is 2.05 bits per heavy atom. The van der Waals surface area contributed by atoms with E-state index >= 15 is 0 Å². The number of benzene rings is 1. The second-order valence-corrected chi connectivity index (χ2v) is 7.29. The number of aryl methyl sites for hydroxylation is 2. The first-order valence-corrected chi connectivity index (χ1v) is 8.16. The van der Waals surface area contributed by atoms with Crippen LogP contribution in [0.2, 0.25) is 0 Å². The van der Waals surface area contributed by atoms with E-state index in [0.717, 1.165) is 24.0 Å². The van der Waals surface area contributed by atoms with Crippen molar-refractivity contribution in [2.24, 2.45) is 11.7 Å². The molecule has 1 heterocycles. The molecule has 0 saturated carbocycles. The van der Waals surface area contributed by atoms with Crippen LogP contribution in [0.15, 0.2) is 23.1 Å². The smallest absolute Gasteiger partial charge is 0.243 e. The fourth-order valence-corrected chi connectivity index (χ4v) is 4.10. The molecule has 1 unspecified atom stereocenters. The minimum atomic E-state index is -3.37. The lowest BCUT2D eigenvalue weighted by molar-refractivity contribution is 0.271. The molecule has 1 atom stereocenters. The Hall–Kier alpha value is -0.910. The summed E-state index contributed by atoms with van der Waals surface area (Å²) in [6, 6.07) is 5.33. The van der Waals surface area contributed by atoms with Gasteiger partial charge < -0.3 is 5.73 Å². The normalized spacial score (nSPS) is 21.5. The lowest BCUT2D eigenvalue weighted by Crippen LogP contribution is -2.41. The van der Waals surface area contributed by atoms with Crippen molar-refractivity contribution in [3.05, 3.63) is 29.3 Å². The van der Waals surface area contributed by atoms with Gasteiger partial charge in [0.05, 0.1) is 4.90 Å². The average Bonchev–Trinajstić information content (AvgIpc) is 2.41. The molecule has 5 heteroatoms. The van der Waals surface area contributed by atoms with Gasteiger partial charge in [-0.05, 0) is 62.4 Å². The van der Waals surface area contributed by atoms with Gasteiger partial charge in [-0.1, -0.05) is 6.07 Å². The van der Waals surface area contributed by atoms with Gasteiger partial charge in [-0.15, -0.1) is 0 Å². The topological polar surface area (TPSA) is 63.4 Å². The maximum atomic E-state index is 12.6.